The third-order valence-corrected chi connectivity index (χ3v) is 10.2. The summed E-state index contributed by atoms with van der Waals surface area (Å²) in [4.78, 5) is 24.1. The molecule has 3 aliphatic carbocycles. The van der Waals surface area contributed by atoms with Gasteiger partial charge in [0.05, 0.1) is 19.1 Å². The Hall–Kier alpha value is -1.62. The van der Waals surface area contributed by atoms with Crippen molar-refractivity contribution in [2.75, 3.05) is 6.61 Å². The van der Waals surface area contributed by atoms with E-state index in [1.807, 2.05) is 13.8 Å². The highest BCUT2D eigenvalue weighted by Crippen LogP contribution is 2.71. The molecule has 1 N–H and O–H groups in total. The van der Waals surface area contributed by atoms with Crippen molar-refractivity contribution in [2.45, 2.75) is 78.4 Å². The van der Waals surface area contributed by atoms with Gasteiger partial charge in [0.2, 0.25) is 0 Å². The first-order chi connectivity index (χ1) is 14.4. The van der Waals surface area contributed by atoms with Gasteiger partial charge in [-0.1, -0.05) is 38.5 Å². The molecule has 0 amide bonds. The number of fused-ring (bicyclic) bond motifs is 5. The molecule has 3 fully saturated rings. The Labute approximate surface area is 185 Å². The molecule has 0 aromatic rings. The number of esters is 2. The lowest BCUT2D eigenvalue weighted by atomic mass is 9.40. The van der Waals surface area contributed by atoms with Gasteiger partial charge in [-0.05, 0) is 62.2 Å². The van der Waals surface area contributed by atoms with E-state index < -0.39 is 11.7 Å². The molecule has 31 heavy (non-hydrogen) atoms. The quantitative estimate of drug-likeness (QED) is 0.501. The van der Waals surface area contributed by atoms with E-state index in [4.69, 9.17) is 9.47 Å². The average Bonchev–Trinajstić information content (AvgIpc) is 3.23. The molecule has 2 aliphatic heterocycles. The number of rotatable bonds is 1. The number of allylic oxidation sites excluding steroid dienone is 2. The topological polar surface area (TPSA) is 72.8 Å². The first kappa shape index (κ1) is 21.2. The molecule has 0 spiro atoms. The Balaban J connectivity index is 1.56. The molecule has 170 valence electrons. The summed E-state index contributed by atoms with van der Waals surface area (Å²) in [6, 6.07) is 0. The molecule has 5 aliphatic rings. The maximum atomic E-state index is 12.3. The van der Waals surface area contributed by atoms with Crippen LogP contribution in [-0.4, -0.2) is 35.4 Å². The first-order valence-electron chi connectivity index (χ1n) is 11.9. The largest absolute Gasteiger partial charge is 0.465 e. The van der Waals surface area contributed by atoms with Gasteiger partial charge in [0.25, 0.3) is 0 Å². The standard InChI is InChI=1S/C26H36O5/c1-23(2)19-13-20(27)26(5)17-7-6-16(15-12-22(29)30-14-15)24(17,3)10-8-18(26)25(19,4)11-9-21(28)31-23/h7,9,11,15-16,18-20,27H,6,8,10,12-14H2,1-5H3. The van der Waals surface area contributed by atoms with Gasteiger partial charge < -0.3 is 14.6 Å². The van der Waals surface area contributed by atoms with Crippen LogP contribution in [0.3, 0.4) is 0 Å². The smallest absolute Gasteiger partial charge is 0.330 e. The fourth-order valence-corrected chi connectivity index (χ4v) is 8.74. The first-order valence-corrected chi connectivity index (χ1v) is 11.9. The number of cyclic esters (lactones) is 2. The molecule has 8 unspecified atom stereocenters. The zero-order chi connectivity index (χ0) is 22.4. The van der Waals surface area contributed by atoms with Crippen LogP contribution in [-0.2, 0) is 19.1 Å². The highest BCUT2D eigenvalue weighted by molar-refractivity contribution is 5.83. The average molecular weight is 429 g/mol. The van der Waals surface area contributed by atoms with Crippen molar-refractivity contribution in [3.8, 4) is 0 Å². The lowest BCUT2D eigenvalue weighted by molar-refractivity contribution is -0.187. The van der Waals surface area contributed by atoms with Gasteiger partial charge >= 0.3 is 11.9 Å². The molecule has 0 aromatic carbocycles. The Kier molecular flexibility index (Phi) is 4.43. The SMILES string of the molecule is CC1(C)OC(=O)C=CC2(C)C1CC(O)C1(C)C3=CCC(C4COC(=O)C4)C3(C)CCC21. The molecule has 2 heterocycles. The van der Waals surface area contributed by atoms with Crippen molar-refractivity contribution in [3.63, 3.8) is 0 Å². The molecule has 2 saturated carbocycles. The third-order valence-electron chi connectivity index (χ3n) is 10.2. The van der Waals surface area contributed by atoms with E-state index in [-0.39, 0.29) is 45.9 Å². The molecule has 0 aromatic heterocycles. The van der Waals surface area contributed by atoms with E-state index in [0.717, 1.165) is 19.3 Å². The Morgan fingerprint density at radius 3 is 2.52 bits per heavy atom. The number of aliphatic hydroxyl groups is 1. The molecule has 1 saturated heterocycles. The summed E-state index contributed by atoms with van der Waals surface area (Å²) in [5.41, 5.74) is 0.118. The minimum Gasteiger partial charge on any atom is -0.465 e. The molecular weight excluding hydrogens is 392 g/mol. The number of carbonyl (C=O) groups excluding carboxylic acids is 2. The zero-order valence-electron chi connectivity index (χ0n) is 19.4. The Morgan fingerprint density at radius 2 is 1.84 bits per heavy atom. The molecule has 0 bridgehead atoms. The van der Waals surface area contributed by atoms with E-state index >= 15 is 0 Å². The molecular formula is C26H36O5. The molecule has 5 heteroatoms. The zero-order valence-corrected chi connectivity index (χ0v) is 19.4. The van der Waals surface area contributed by atoms with Gasteiger partial charge in [0.15, 0.2) is 0 Å². The summed E-state index contributed by atoms with van der Waals surface area (Å²) in [5, 5.41) is 11.7. The van der Waals surface area contributed by atoms with Gasteiger partial charge in [-0.15, -0.1) is 0 Å². The van der Waals surface area contributed by atoms with Crippen molar-refractivity contribution >= 4 is 11.9 Å². The second-order valence-corrected chi connectivity index (χ2v) is 11.9. The van der Waals surface area contributed by atoms with Gasteiger partial charge in [0.1, 0.15) is 5.60 Å². The summed E-state index contributed by atoms with van der Waals surface area (Å²) in [5.74, 6) is 0.555. The minimum absolute atomic E-state index is 0.0235. The van der Waals surface area contributed by atoms with E-state index in [2.05, 4.69) is 32.9 Å². The van der Waals surface area contributed by atoms with Crippen LogP contribution in [0.15, 0.2) is 23.8 Å². The number of ether oxygens (including phenoxy) is 2. The Bertz CT molecular complexity index is 886. The maximum absolute atomic E-state index is 12.3. The second kappa shape index (κ2) is 6.46. The van der Waals surface area contributed by atoms with Crippen LogP contribution in [0.1, 0.15) is 66.7 Å². The van der Waals surface area contributed by atoms with Crippen LogP contribution >= 0.6 is 0 Å². The van der Waals surface area contributed by atoms with Gasteiger partial charge in [-0.25, -0.2) is 4.79 Å². The van der Waals surface area contributed by atoms with Crippen molar-refractivity contribution in [3.05, 3.63) is 23.8 Å². The second-order valence-electron chi connectivity index (χ2n) is 11.9. The predicted molar refractivity (Wildman–Crippen MR) is 116 cm³/mol. The minimum atomic E-state index is -0.632. The van der Waals surface area contributed by atoms with Crippen LogP contribution in [0.5, 0.6) is 0 Å². The highest BCUT2D eigenvalue weighted by Gasteiger charge is 2.67. The summed E-state index contributed by atoms with van der Waals surface area (Å²) in [6.07, 6.45) is 9.67. The number of hydrogen-bond donors (Lipinski definition) is 1. The molecule has 8 atom stereocenters. The highest BCUT2D eigenvalue weighted by atomic mass is 16.6. The van der Waals surface area contributed by atoms with E-state index in [1.54, 1.807) is 6.08 Å². The van der Waals surface area contributed by atoms with Crippen molar-refractivity contribution < 1.29 is 24.2 Å². The predicted octanol–water partition coefficient (Wildman–Crippen LogP) is 4.20. The maximum Gasteiger partial charge on any atom is 0.330 e. The number of aliphatic hydroxyl groups excluding tert-OH is 1. The van der Waals surface area contributed by atoms with Gasteiger partial charge in [-0.3, -0.25) is 4.79 Å². The summed E-state index contributed by atoms with van der Waals surface area (Å²) in [7, 11) is 0. The normalized spacial score (nSPS) is 50.5. The van der Waals surface area contributed by atoms with Crippen LogP contribution in [0.25, 0.3) is 0 Å². The fourth-order valence-electron chi connectivity index (χ4n) is 8.74. The van der Waals surface area contributed by atoms with Crippen molar-refractivity contribution in [2.24, 2.45) is 39.9 Å². The van der Waals surface area contributed by atoms with Gasteiger partial charge in [-0.2, -0.15) is 0 Å². The summed E-state index contributed by atoms with van der Waals surface area (Å²) < 4.78 is 11.1. The number of hydrogen-bond acceptors (Lipinski definition) is 5. The lowest BCUT2D eigenvalue weighted by Gasteiger charge is -2.65. The van der Waals surface area contributed by atoms with E-state index in [0.29, 0.717) is 25.4 Å². The van der Waals surface area contributed by atoms with Crippen molar-refractivity contribution in [1.29, 1.82) is 0 Å². The molecule has 5 nitrogen and oxygen atoms in total. The monoisotopic (exact) mass is 428 g/mol. The summed E-state index contributed by atoms with van der Waals surface area (Å²) in [6.45, 7) is 11.4. The van der Waals surface area contributed by atoms with Crippen molar-refractivity contribution in [1.82, 2.24) is 0 Å². The Morgan fingerprint density at radius 1 is 1.10 bits per heavy atom. The van der Waals surface area contributed by atoms with E-state index in [1.165, 1.54) is 5.57 Å². The fraction of sp³-hybridized carbons (Fsp3) is 0.769. The lowest BCUT2D eigenvalue weighted by Crippen LogP contribution is -2.63. The van der Waals surface area contributed by atoms with Crippen LogP contribution < -0.4 is 0 Å². The van der Waals surface area contributed by atoms with Gasteiger partial charge in [0, 0.05) is 23.3 Å². The van der Waals surface area contributed by atoms with Crippen LogP contribution in [0.4, 0.5) is 0 Å². The molecule has 5 rings (SSSR count). The number of carbonyl (C=O) groups is 2. The van der Waals surface area contributed by atoms with Crippen LogP contribution in [0.2, 0.25) is 0 Å². The molecule has 0 radical (unpaired) electrons. The summed E-state index contributed by atoms with van der Waals surface area (Å²) >= 11 is 0. The van der Waals surface area contributed by atoms with E-state index in [9.17, 15) is 14.7 Å². The third kappa shape index (κ3) is 2.71. The van der Waals surface area contributed by atoms with Crippen LogP contribution in [0, 0.1) is 39.9 Å².